The van der Waals surface area contributed by atoms with Gasteiger partial charge in [-0.3, -0.25) is 0 Å². The van der Waals surface area contributed by atoms with E-state index in [9.17, 15) is 4.39 Å². The van der Waals surface area contributed by atoms with Crippen LogP contribution in [-0.4, -0.2) is 6.10 Å². The average Bonchev–Trinajstić information content (AvgIpc) is 3.03. The molecule has 1 aromatic rings. The summed E-state index contributed by atoms with van der Waals surface area (Å²) in [6.45, 7) is 1.88. The van der Waals surface area contributed by atoms with Crippen molar-refractivity contribution in [1.29, 1.82) is 0 Å². The SMILES string of the molecule is Cc1c(CC2CC2)ccc(OC2CCCC2)c1F. The van der Waals surface area contributed by atoms with Crippen LogP contribution in [0.3, 0.4) is 0 Å². The molecule has 0 saturated heterocycles. The maximum absolute atomic E-state index is 14.3. The van der Waals surface area contributed by atoms with Crippen molar-refractivity contribution in [2.45, 2.75) is 58.0 Å². The number of hydrogen-bond acceptors (Lipinski definition) is 1. The summed E-state index contributed by atoms with van der Waals surface area (Å²) in [5, 5.41) is 0. The van der Waals surface area contributed by atoms with E-state index in [1.54, 1.807) is 0 Å². The lowest BCUT2D eigenvalue weighted by molar-refractivity contribution is 0.200. The fraction of sp³-hybridized carbons (Fsp3) is 0.625. The minimum absolute atomic E-state index is 0.139. The molecule has 0 aromatic heterocycles. The Bertz CT molecular complexity index is 431. The highest BCUT2D eigenvalue weighted by molar-refractivity contribution is 5.37. The molecule has 1 aromatic carbocycles. The van der Waals surface area contributed by atoms with Gasteiger partial charge in [0, 0.05) is 0 Å². The lowest BCUT2D eigenvalue weighted by atomic mass is 10.0. The van der Waals surface area contributed by atoms with Crippen molar-refractivity contribution < 1.29 is 9.13 Å². The number of hydrogen-bond donors (Lipinski definition) is 0. The third-order valence-electron chi connectivity index (χ3n) is 4.26. The van der Waals surface area contributed by atoms with E-state index in [-0.39, 0.29) is 11.9 Å². The summed E-state index contributed by atoms with van der Waals surface area (Å²) in [6, 6.07) is 3.89. The molecule has 2 heteroatoms. The first kappa shape index (κ1) is 12.0. The van der Waals surface area contributed by atoms with E-state index in [1.165, 1.54) is 25.7 Å². The van der Waals surface area contributed by atoms with Gasteiger partial charge in [-0.1, -0.05) is 6.07 Å². The monoisotopic (exact) mass is 248 g/mol. The molecular weight excluding hydrogens is 227 g/mol. The van der Waals surface area contributed by atoms with Crippen LogP contribution in [0, 0.1) is 18.7 Å². The molecule has 1 nitrogen and oxygen atoms in total. The van der Waals surface area contributed by atoms with Gasteiger partial charge < -0.3 is 4.74 Å². The summed E-state index contributed by atoms with van der Waals surface area (Å²) >= 11 is 0. The normalized spacial score (nSPS) is 20.3. The minimum Gasteiger partial charge on any atom is -0.487 e. The lowest BCUT2D eigenvalue weighted by Gasteiger charge is -2.16. The number of rotatable bonds is 4. The zero-order chi connectivity index (χ0) is 12.5. The summed E-state index contributed by atoms with van der Waals surface area (Å²) in [5.41, 5.74) is 1.95. The summed E-state index contributed by atoms with van der Waals surface area (Å²) < 4.78 is 20.0. The van der Waals surface area contributed by atoms with Crippen molar-refractivity contribution in [3.63, 3.8) is 0 Å². The first-order chi connectivity index (χ1) is 8.74. The topological polar surface area (TPSA) is 9.23 Å². The second kappa shape index (κ2) is 4.91. The molecule has 0 bridgehead atoms. The van der Waals surface area contributed by atoms with Crippen LogP contribution in [-0.2, 0) is 6.42 Å². The number of halogens is 1. The molecule has 0 unspecified atom stereocenters. The van der Waals surface area contributed by atoms with Crippen molar-refractivity contribution in [3.8, 4) is 5.75 Å². The van der Waals surface area contributed by atoms with E-state index in [0.717, 1.165) is 36.3 Å². The largest absolute Gasteiger partial charge is 0.487 e. The summed E-state index contributed by atoms with van der Waals surface area (Å²) in [5.74, 6) is 1.11. The fourth-order valence-corrected chi connectivity index (χ4v) is 2.83. The van der Waals surface area contributed by atoms with Gasteiger partial charge in [0.25, 0.3) is 0 Å². The Morgan fingerprint density at radius 1 is 1.17 bits per heavy atom. The van der Waals surface area contributed by atoms with Gasteiger partial charge in [-0.2, -0.15) is 0 Å². The molecule has 0 N–H and O–H groups in total. The molecule has 2 saturated carbocycles. The highest BCUT2D eigenvalue weighted by atomic mass is 19.1. The Hall–Kier alpha value is -1.05. The van der Waals surface area contributed by atoms with Gasteiger partial charge in [-0.25, -0.2) is 4.39 Å². The van der Waals surface area contributed by atoms with Gasteiger partial charge in [0.15, 0.2) is 11.6 Å². The first-order valence-corrected chi connectivity index (χ1v) is 7.18. The van der Waals surface area contributed by atoms with Crippen molar-refractivity contribution in [2.75, 3.05) is 0 Å². The van der Waals surface area contributed by atoms with E-state index < -0.39 is 0 Å². The summed E-state index contributed by atoms with van der Waals surface area (Å²) in [7, 11) is 0. The van der Waals surface area contributed by atoms with Crippen molar-refractivity contribution >= 4 is 0 Å². The zero-order valence-corrected chi connectivity index (χ0v) is 11.0. The van der Waals surface area contributed by atoms with Crippen LogP contribution < -0.4 is 4.74 Å². The molecule has 3 rings (SSSR count). The van der Waals surface area contributed by atoms with E-state index in [4.69, 9.17) is 4.74 Å². The quantitative estimate of drug-likeness (QED) is 0.767. The van der Waals surface area contributed by atoms with Crippen LogP contribution >= 0.6 is 0 Å². The van der Waals surface area contributed by atoms with E-state index in [2.05, 4.69) is 6.07 Å². The van der Waals surface area contributed by atoms with Crippen molar-refractivity contribution in [3.05, 3.63) is 29.1 Å². The van der Waals surface area contributed by atoms with Crippen LogP contribution in [0.1, 0.15) is 49.7 Å². The third kappa shape index (κ3) is 2.52. The molecular formula is C16H21FO. The molecule has 0 atom stereocenters. The Balaban J connectivity index is 1.75. The first-order valence-electron chi connectivity index (χ1n) is 7.18. The Labute approximate surface area is 108 Å². The molecule has 0 spiro atoms. The summed E-state index contributed by atoms with van der Waals surface area (Å²) in [4.78, 5) is 0. The second-order valence-electron chi connectivity index (χ2n) is 5.83. The van der Waals surface area contributed by atoms with Crippen LogP contribution in [0.4, 0.5) is 4.39 Å². The van der Waals surface area contributed by atoms with Crippen LogP contribution in [0.15, 0.2) is 12.1 Å². The third-order valence-corrected chi connectivity index (χ3v) is 4.26. The fourth-order valence-electron chi connectivity index (χ4n) is 2.83. The van der Waals surface area contributed by atoms with Gasteiger partial charge in [0.05, 0.1) is 6.10 Å². The Morgan fingerprint density at radius 2 is 1.89 bits per heavy atom. The molecule has 2 aliphatic carbocycles. The van der Waals surface area contributed by atoms with Crippen LogP contribution in [0.5, 0.6) is 5.75 Å². The Morgan fingerprint density at radius 3 is 2.56 bits per heavy atom. The lowest BCUT2D eigenvalue weighted by Crippen LogP contribution is -2.12. The van der Waals surface area contributed by atoms with Crippen LogP contribution in [0.2, 0.25) is 0 Å². The standard InChI is InChI=1S/C16H21FO/c1-11-13(10-12-6-7-12)8-9-15(16(11)17)18-14-4-2-3-5-14/h8-9,12,14H,2-7,10H2,1H3. The summed E-state index contributed by atoms with van der Waals surface area (Å²) in [6.07, 6.45) is 8.45. The smallest absolute Gasteiger partial charge is 0.168 e. The van der Waals surface area contributed by atoms with Gasteiger partial charge in [0.1, 0.15) is 0 Å². The van der Waals surface area contributed by atoms with Crippen molar-refractivity contribution in [1.82, 2.24) is 0 Å². The number of benzene rings is 1. The van der Waals surface area contributed by atoms with Gasteiger partial charge >= 0.3 is 0 Å². The van der Waals surface area contributed by atoms with Crippen LogP contribution in [0.25, 0.3) is 0 Å². The molecule has 98 valence electrons. The molecule has 0 heterocycles. The minimum atomic E-state index is -0.139. The van der Waals surface area contributed by atoms with Crippen molar-refractivity contribution in [2.24, 2.45) is 5.92 Å². The maximum atomic E-state index is 14.3. The number of ether oxygens (including phenoxy) is 1. The Kier molecular flexibility index (Phi) is 3.27. The molecule has 2 aliphatic rings. The van der Waals surface area contributed by atoms with Gasteiger partial charge in [0.2, 0.25) is 0 Å². The second-order valence-corrected chi connectivity index (χ2v) is 5.83. The van der Waals surface area contributed by atoms with E-state index in [0.29, 0.717) is 5.75 Å². The van der Waals surface area contributed by atoms with Gasteiger partial charge in [-0.05, 0) is 75.0 Å². The molecule has 18 heavy (non-hydrogen) atoms. The maximum Gasteiger partial charge on any atom is 0.168 e. The van der Waals surface area contributed by atoms with Gasteiger partial charge in [-0.15, -0.1) is 0 Å². The van der Waals surface area contributed by atoms with E-state index >= 15 is 0 Å². The molecule has 2 fully saturated rings. The highest BCUT2D eigenvalue weighted by Gasteiger charge is 2.24. The molecule has 0 amide bonds. The molecule has 0 radical (unpaired) electrons. The predicted molar refractivity (Wildman–Crippen MR) is 70.4 cm³/mol. The highest BCUT2D eigenvalue weighted by Crippen LogP contribution is 2.35. The van der Waals surface area contributed by atoms with E-state index in [1.807, 2.05) is 13.0 Å². The molecule has 0 aliphatic heterocycles. The average molecular weight is 248 g/mol. The zero-order valence-electron chi connectivity index (χ0n) is 11.0. The predicted octanol–water partition coefficient (Wildman–Crippen LogP) is 4.41.